The molecule has 1 spiro atoms. The minimum Gasteiger partial charge on any atom is -0.356 e. The number of hydrogen-bond acceptors (Lipinski definition) is 4. The molecule has 4 heterocycles. The highest BCUT2D eigenvalue weighted by Gasteiger charge is 2.47. The summed E-state index contributed by atoms with van der Waals surface area (Å²) in [6.07, 6.45) is 3.47. The molecule has 3 aromatic rings. The molecule has 5 rings (SSSR count). The summed E-state index contributed by atoms with van der Waals surface area (Å²) >= 11 is 12.4. The molecule has 2 aromatic heterocycles. The van der Waals surface area contributed by atoms with Crippen LogP contribution < -0.4 is 10.5 Å². The van der Waals surface area contributed by atoms with E-state index in [1.54, 1.807) is 25.1 Å². The second-order valence-corrected chi connectivity index (χ2v) is 8.81. The molecule has 6 nitrogen and oxygen atoms in total. The lowest BCUT2D eigenvalue weighted by Gasteiger charge is -2.38. The summed E-state index contributed by atoms with van der Waals surface area (Å²) in [6.45, 7) is 3.89. The molecule has 0 N–H and O–H groups in total. The van der Waals surface area contributed by atoms with Crippen LogP contribution in [0, 0.1) is 12.3 Å². The highest BCUT2D eigenvalue weighted by Crippen LogP contribution is 2.42. The summed E-state index contributed by atoms with van der Waals surface area (Å²) < 4.78 is 3.52. The number of ketones is 1. The monoisotopic (exact) mass is 442 g/mol. The lowest BCUT2D eigenvalue weighted by atomic mass is 9.76. The first-order valence-corrected chi connectivity index (χ1v) is 10.7. The molecule has 2 aliphatic heterocycles. The molecule has 0 amide bonds. The summed E-state index contributed by atoms with van der Waals surface area (Å²) in [5.74, 6) is 1.41. The maximum atomic E-state index is 12.9. The third-order valence-corrected chi connectivity index (χ3v) is 7.12. The average molecular weight is 443 g/mol. The third kappa shape index (κ3) is 2.89. The van der Waals surface area contributed by atoms with E-state index in [0.29, 0.717) is 40.5 Å². The van der Waals surface area contributed by atoms with E-state index in [1.807, 2.05) is 18.3 Å². The highest BCUT2D eigenvalue weighted by atomic mass is 35.5. The molecule has 8 heteroatoms. The van der Waals surface area contributed by atoms with Gasteiger partial charge in [0.1, 0.15) is 11.6 Å². The van der Waals surface area contributed by atoms with Crippen LogP contribution in [0.25, 0.3) is 5.69 Å². The summed E-state index contributed by atoms with van der Waals surface area (Å²) in [5, 5.41) is 0.708. The number of halogens is 2. The number of benzene rings is 1. The average Bonchev–Trinajstić information content (AvgIpc) is 3.27. The number of rotatable bonds is 2. The topological polar surface area (TPSA) is 60.1 Å². The van der Waals surface area contributed by atoms with E-state index < -0.39 is 0 Å². The predicted molar refractivity (Wildman–Crippen MR) is 117 cm³/mol. The summed E-state index contributed by atoms with van der Waals surface area (Å²) in [4.78, 5) is 32.6. The van der Waals surface area contributed by atoms with Gasteiger partial charge in [0.15, 0.2) is 5.78 Å². The van der Waals surface area contributed by atoms with Crippen LogP contribution in [-0.2, 0) is 6.54 Å². The van der Waals surface area contributed by atoms with Crippen LogP contribution in [0.1, 0.15) is 29.2 Å². The van der Waals surface area contributed by atoms with E-state index in [0.717, 1.165) is 25.1 Å². The first-order chi connectivity index (χ1) is 14.4. The molecule has 0 aliphatic carbocycles. The van der Waals surface area contributed by atoms with Crippen molar-refractivity contribution in [3.63, 3.8) is 0 Å². The Labute approximate surface area is 183 Å². The Morgan fingerprint density at radius 2 is 1.83 bits per heavy atom. The van der Waals surface area contributed by atoms with Gasteiger partial charge < -0.3 is 9.47 Å². The van der Waals surface area contributed by atoms with E-state index in [4.69, 9.17) is 23.2 Å². The van der Waals surface area contributed by atoms with Gasteiger partial charge in [0.05, 0.1) is 26.8 Å². The zero-order valence-electron chi connectivity index (χ0n) is 16.4. The SMILES string of the molecule is Cc1nc(N2CCC3(CC2)Cn2cccc2C3=O)cc(=O)n1-c1cccc(Cl)c1Cl. The Bertz CT molecular complexity index is 1220. The summed E-state index contributed by atoms with van der Waals surface area (Å²) in [7, 11) is 0. The molecule has 154 valence electrons. The second-order valence-electron chi connectivity index (χ2n) is 8.03. The quantitative estimate of drug-likeness (QED) is 0.598. The normalized spacial score (nSPS) is 17.6. The van der Waals surface area contributed by atoms with Crippen molar-refractivity contribution in [2.45, 2.75) is 26.3 Å². The molecule has 0 bridgehead atoms. The molecule has 0 atom stereocenters. The van der Waals surface area contributed by atoms with Gasteiger partial charge in [-0.05, 0) is 44.0 Å². The van der Waals surface area contributed by atoms with Crippen molar-refractivity contribution in [1.29, 1.82) is 0 Å². The standard InChI is InChI=1S/C22H20Cl2N4O2/c1-14-25-18(12-19(29)28(14)16-5-2-4-15(23)20(16)24)26-10-7-22(8-11-26)13-27-9-3-6-17(27)21(22)30/h2-6,9,12H,7-8,10-11,13H2,1H3. The second kappa shape index (κ2) is 7.00. The van der Waals surface area contributed by atoms with Crippen LogP contribution in [0.2, 0.25) is 10.0 Å². The number of Topliss-reactive ketones (excluding diaryl/α,β-unsaturated/α-hetero) is 1. The molecule has 1 saturated heterocycles. The molecule has 0 saturated carbocycles. The molecule has 2 aliphatic rings. The van der Waals surface area contributed by atoms with Crippen molar-refractivity contribution in [2.75, 3.05) is 18.0 Å². The molecular formula is C22H20Cl2N4O2. The number of aromatic nitrogens is 3. The van der Waals surface area contributed by atoms with Crippen LogP contribution in [0.3, 0.4) is 0 Å². The number of piperidine rings is 1. The fourth-order valence-electron chi connectivity index (χ4n) is 4.68. The van der Waals surface area contributed by atoms with E-state index >= 15 is 0 Å². The number of carbonyl (C=O) groups excluding carboxylic acids is 1. The molecule has 30 heavy (non-hydrogen) atoms. The van der Waals surface area contributed by atoms with Gasteiger partial charge in [-0.25, -0.2) is 4.98 Å². The lowest BCUT2D eigenvalue weighted by molar-refractivity contribution is 0.0766. The fraction of sp³-hybridized carbons (Fsp3) is 0.318. The van der Waals surface area contributed by atoms with Crippen molar-refractivity contribution >= 4 is 34.8 Å². The minimum absolute atomic E-state index is 0.213. The van der Waals surface area contributed by atoms with Gasteiger partial charge in [-0.2, -0.15) is 0 Å². The van der Waals surface area contributed by atoms with Crippen molar-refractivity contribution in [3.05, 3.63) is 74.5 Å². The van der Waals surface area contributed by atoms with Gasteiger partial charge in [-0.3, -0.25) is 14.2 Å². The third-order valence-electron chi connectivity index (χ3n) is 6.31. The van der Waals surface area contributed by atoms with Crippen LogP contribution in [0.15, 0.2) is 47.4 Å². The summed E-state index contributed by atoms with van der Waals surface area (Å²) in [5.41, 5.74) is 0.779. The Balaban J connectivity index is 1.40. The Morgan fingerprint density at radius 3 is 2.53 bits per heavy atom. The predicted octanol–water partition coefficient (Wildman–Crippen LogP) is 4.13. The molecule has 1 aromatic carbocycles. The first-order valence-electron chi connectivity index (χ1n) is 9.90. The van der Waals surface area contributed by atoms with Crippen LogP contribution in [0.4, 0.5) is 5.82 Å². The number of carbonyl (C=O) groups is 1. The van der Waals surface area contributed by atoms with Gasteiger partial charge >= 0.3 is 0 Å². The Kier molecular flexibility index (Phi) is 4.52. The van der Waals surface area contributed by atoms with Crippen molar-refractivity contribution in [3.8, 4) is 5.69 Å². The minimum atomic E-state index is -0.328. The maximum absolute atomic E-state index is 12.9. The number of aryl methyl sites for hydroxylation is 1. The van der Waals surface area contributed by atoms with Gasteiger partial charge in [-0.15, -0.1) is 0 Å². The number of nitrogens with zero attached hydrogens (tertiary/aromatic N) is 4. The van der Waals surface area contributed by atoms with Gasteiger partial charge in [0, 0.05) is 31.9 Å². The van der Waals surface area contributed by atoms with E-state index in [1.165, 1.54) is 10.6 Å². The molecular weight excluding hydrogens is 423 g/mol. The van der Waals surface area contributed by atoms with E-state index in [2.05, 4.69) is 14.5 Å². The number of hydrogen-bond donors (Lipinski definition) is 0. The largest absolute Gasteiger partial charge is 0.356 e. The van der Waals surface area contributed by atoms with Crippen molar-refractivity contribution in [2.24, 2.45) is 5.41 Å². The van der Waals surface area contributed by atoms with Crippen molar-refractivity contribution < 1.29 is 4.79 Å². The van der Waals surface area contributed by atoms with Gasteiger partial charge in [0.25, 0.3) is 5.56 Å². The van der Waals surface area contributed by atoms with Gasteiger partial charge in [-0.1, -0.05) is 29.3 Å². The summed E-state index contributed by atoms with van der Waals surface area (Å²) in [6, 6.07) is 10.5. The Morgan fingerprint density at radius 1 is 1.07 bits per heavy atom. The Hall–Kier alpha value is -2.57. The molecule has 1 fully saturated rings. The van der Waals surface area contributed by atoms with E-state index in [9.17, 15) is 9.59 Å². The molecule has 0 radical (unpaired) electrons. The number of anilines is 1. The van der Waals surface area contributed by atoms with E-state index in [-0.39, 0.29) is 16.8 Å². The zero-order valence-corrected chi connectivity index (χ0v) is 18.0. The number of fused-ring (bicyclic) bond motifs is 1. The molecule has 0 unspecified atom stereocenters. The van der Waals surface area contributed by atoms with Crippen LogP contribution >= 0.6 is 23.2 Å². The van der Waals surface area contributed by atoms with Crippen LogP contribution in [-0.4, -0.2) is 33.0 Å². The zero-order chi connectivity index (χ0) is 21.0. The fourth-order valence-corrected chi connectivity index (χ4v) is 5.06. The maximum Gasteiger partial charge on any atom is 0.260 e. The van der Waals surface area contributed by atoms with Crippen LogP contribution in [0.5, 0.6) is 0 Å². The lowest BCUT2D eigenvalue weighted by Crippen LogP contribution is -2.44. The smallest absolute Gasteiger partial charge is 0.260 e. The highest BCUT2D eigenvalue weighted by molar-refractivity contribution is 6.43. The van der Waals surface area contributed by atoms with Crippen molar-refractivity contribution in [1.82, 2.24) is 14.1 Å². The first kappa shape index (κ1) is 19.4. The van der Waals surface area contributed by atoms with Gasteiger partial charge in [0.2, 0.25) is 0 Å².